The summed E-state index contributed by atoms with van der Waals surface area (Å²) >= 11 is 0. The molecule has 0 aromatic heterocycles. The molecule has 1 rings (SSSR count). The van der Waals surface area contributed by atoms with Crippen molar-refractivity contribution in [1.82, 2.24) is 0 Å². The van der Waals surface area contributed by atoms with E-state index in [9.17, 15) is 5.11 Å². The minimum atomic E-state index is -1.81. The Hall–Kier alpha value is -1.24. The molecule has 1 aromatic rings. The van der Waals surface area contributed by atoms with Crippen LogP contribution in [0.1, 0.15) is 32.8 Å². The molecule has 3 heteroatoms. The highest BCUT2D eigenvalue weighted by atomic mass is 28.4. The van der Waals surface area contributed by atoms with Crippen molar-refractivity contribution >= 4 is 8.32 Å². The van der Waals surface area contributed by atoms with Crippen LogP contribution in [0.2, 0.25) is 18.1 Å². The maximum atomic E-state index is 9.33. The van der Waals surface area contributed by atoms with Gasteiger partial charge in [0.15, 0.2) is 8.32 Å². The van der Waals surface area contributed by atoms with Gasteiger partial charge in [0.1, 0.15) is 5.75 Å². The third-order valence-electron chi connectivity index (χ3n) is 4.01. The molecule has 1 atom stereocenters. The van der Waals surface area contributed by atoms with Gasteiger partial charge in [-0.25, -0.2) is 0 Å². The first-order valence-corrected chi connectivity index (χ1v) is 9.96. The second kappa shape index (κ2) is 6.47. The predicted molar refractivity (Wildman–Crippen MR) is 87.3 cm³/mol. The Morgan fingerprint density at radius 3 is 2.25 bits per heavy atom. The molecule has 0 saturated carbocycles. The molecule has 110 valence electrons. The molecule has 0 spiro atoms. The number of phenolic OH excluding ortho intramolecular Hbond substituents is 1. The van der Waals surface area contributed by atoms with E-state index in [1.165, 1.54) is 0 Å². The SMILES string of the molecule is C#CCC(Cc1ccc(O)cc1)O[Si](C)(C)C(C)(C)C. The number of hydrogen-bond acceptors (Lipinski definition) is 2. The number of benzene rings is 1. The monoisotopic (exact) mass is 290 g/mol. The summed E-state index contributed by atoms with van der Waals surface area (Å²) in [6.45, 7) is 11.2. The van der Waals surface area contributed by atoms with E-state index in [4.69, 9.17) is 10.8 Å². The van der Waals surface area contributed by atoms with Crippen molar-refractivity contribution in [2.75, 3.05) is 0 Å². The summed E-state index contributed by atoms with van der Waals surface area (Å²) in [5.41, 5.74) is 1.14. The Morgan fingerprint density at radius 2 is 1.80 bits per heavy atom. The summed E-state index contributed by atoms with van der Waals surface area (Å²) < 4.78 is 6.41. The molecule has 1 aromatic carbocycles. The molecule has 0 heterocycles. The molecule has 0 aliphatic rings. The van der Waals surface area contributed by atoms with Crippen molar-refractivity contribution in [1.29, 1.82) is 0 Å². The van der Waals surface area contributed by atoms with E-state index in [2.05, 4.69) is 39.8 Å². The van der Waals surface area contributed by atoms with Crippen molar-refractivity contribution in [3.05, 3.63) is 29.8 Å². The van der Waals surface area contributed by atoms with Crippen LogP contribution in [-0.2, 0) is 10.8 Å². The lowest BCUT2D eigenvalue weighted by Crippen LogP contribution is -2.44. The average molecular weight is 290 g/mol. The van der Waals surface area contributed by atoms with Crippen molar-refractivity contribution in [3.63, 3.8) is 0 Å². The van der Waals surface area contributed by atoms with Crippen molar-refractivity contribution in [2.24, 2.45) is 0 Å². The lowest BCUT2D eigenvalue weighted by molar-refractivity contribution is 0.186. The van der Waals surface area contributed by atoms with E-state index in [0.29, 0.717) is 6.42 Å². The van der Waals surface area contributed by atoms with E-state index in [1.807, 2.05) is 12.1 Å². The molecular weight excluding hydrogens is 264 g/mol. The molecule has 0 radical (unpaired) electrons. The lowest BCUT2D eigenvalue weighted by Gasteiger charge is -2.39. The summed E-state index contributed by atoms with van der Waals surface area (Å²) in [4.78, 5) is 0. The van der Waals surface area contributed by atoms with E-state index >= 15 is 0 Å². The van der Waals surface area contributed by atoms with E-state index in [0.717, 1.165) is 12.0 Å². The van der Waals surface area contributed by atoms with Gasteiger partial charge in [-0.2, -0.15) is 0 Å². The van der Waals surface area contributed by atoms with Crippen LogP contribution < -0.4 is 0 Å². The Labute approximate surface area is 124 Å². The molecule has 2 nitrogen and oxygen atoms in total. The Kier molecular flexibility index (Phi) is 5.44. The molecule has 0 saturated heterocycles. The van der Waals surface area contributed by atoms with Gasteiger partial charge in [-0.3, -0.25) is 0 Å². The quantitative estimate of drug-likeness (QED) is 0.645. The fourth-order valence-corrected chi connectivity index (χ4v) is 3.13. The van der Waals surface area contributed by atoms with Gasteiger partial charge in [0.05, 0.1) is 6.10 Å². The number of phenols is 1. The highest BCUT2D eigenvalue weighted by Gasteiger charge is 2.38. The van der Waals surface area contributed by atoms with Gasteiger partial charge in [-0.15, -0.1) is 12.3 Å². The standard InChI is InChI=1S/C17H26O2Si/c1-7-8-16(19-20(5,6)17(2,3)4)13-14-9-11-15(18)12-10-14/h1,9-12,16,18H,8,13H2,2-6H3. The fraction of sp³-hybridized carbons (Fsp3) is 0.529. The zero-order valence-electron chi connectivity index (χ0n) is 13.2. The first kappa shape index (κ1) is 16.8. The van der Waals surface area contributed by atoms with Gasteiger partial charge < -0.3 is 9.53 Å². The van der Waals surface area contributed by atoms with Gasteiger partial charge in [0.25, 0.3) is 0 Å². The van der Waals surface area contributed by atoms with Crippen LogP contribution in [0.15, 0.2) is 24.3 Å². The second-order valence-corrected chi connectivity index (χ2v) is 11.5. The maximum absolute atomic E-state index is 9.33. The summed E-state index contributed by atoms with van der Waals surface area (Å²) in [6.07, 6.45) is 6.93. The Morgan fingerprint density at radius 1 is 1.25 bits per heavy atom. The smallest absolute Gasteiger partial charge is 0.192 e. The lowest BCUT2D eigenvalue weighted by atomic mass is 10.1. The number of aromatic hydroxyl groups is 1. The topological polar surface area (TPSA) is 29.5 Å². The first-order chi connectivity index (χ1) is 9.15. The number of rotatable bonds is 5. The first-order valence-electron chi connectivity index (χ1n) is 7.05. The molecule has 0 aliphatic carbocycles. The minimum absolute atomic E-state index is 0.0467. The van der Waals surface area contributed by atoms with Gasteiger partial charge >= 0.3 is 0 Å². The van der Waals surface area contributed by atoms with Crippen molar-refractivity contribution in [2.45, 2.75) is 57.8 Å². The molecule has 0 fully saturated rings. The Bertz CT molecular complexity index is 463. The summed E-state index contributed by atoms with van der Waals surface area (Å²) in [6, 6.07) is 7.25. The zero-order valence-corrected chi connectivity index (χ0v) is 14.2. The second-order valence-electron chi connectivity index (χ2n) is 6.78. The summed E-state index contributed by atoms with van der Waals surface area (Å²) in [5, 5.41) is 9.51. The molecular formula is C17H26O2Si. The van der Waals surface area contributed by atoms with Crippen LogP contribution in [0.3, 0.4) is 0 Å². The maximum Gasteiger partial charge on any atom is 0.192 e. The summed E-state index contributed by atoms with van der Waals surface area (Å²) in [5.74, 6) is 3.01. The molecule has 1 unspecified atom stereocenters. The third kappa shape index (κ3) is 4.70. The number of terminal acetylenes is 1. The predicted octanol–water partition coefficient (Wildman–Crippen LogP) is 4.35. The van der Waals surface area contributed by atoms with Crippen molar-refractivity contribution in [3.8, 4) is 18.1 Å². The highest BCUT2D eigenvalue weighted by Crippen LogP contribution is 2.38. The average Bonchev–Trinajstić information content (AvgIpc) is 2.30. The van der Waals surface area contributed by atoms with Crippen LogP contribution in [0.4, 0.5) is 0 Å². The molecule has 20 heavy (non-hydrogen) atoms. The van der Waals surface area contributed by atoms with Crippen LogP contribution in [0.25, 0.3) is 0 Å². The fourth-order valence-electron chi connectivity index (χ4n) is 1.78. The van der Waals surface area contributed by atoms with Crippen LogP contribution in [0, 0.1) is 12.3 Å². The molecule has 1 N–H and O–H groups in total. The van der Waals surface area contributed by atoms with Gasteiger partial charge in [-0.05, 0) is 42.2 Å². The largest absolute Gasteiger partial charge is 0.508 e. The minimum Gasteiger partial charge on any atom is -0.508 e. The normalized spacial score (nSPS) is 13.8. The van der Waals surface area contributed by atoms with E-state index < -0.39 is 8.32 Å². The van der Waals surface area contributed by atoms with Crippen molar-refractivity contribution < 1.29 is 9.53 Å². The zero-order chi connectivity index (χ0) is 15.4. The molecule has 0 bridgehead atoms. The van der Waals surface area contributed by atoms with E-state index in [1.54, 1.807) is 12.1 Å². The van der Waals surface area contributed by atoms with Gasteiger partial charge in [0, 0.05) is 6.42 Å². The van der Waals surface area contributed by atoms with Gasteiger partial charge in [0.2, 0.25) is 0 Å². The van der Waals surface area contributed by atoms with Crippen LogP contribution in [0.5, 0.6) is 5.75 Å². The highest BCUT2D eigenvalue weighted by molar-refractivity contribution is 6.74. The third-order valence-corrected chi connectivity index (χ3v) is 8.55. The van der Waals surface area contributed by atoms with Gasteiger partial charge in [-0.1, -0.05) is 32.9 Å². The van der Waals surface area contributed by atoms with Crippen LogP contribution in [-0.4, -0.2) is 19.5 Å². The molecule has 0 aliphatic heterocycles. The molecule has 0 amide bonds. The number of hydrogen-bond donors (Lipinski definition) is 1. The summed E-state index contributed by atoms with van der Waals surface area (Å²) in [7, 11) is -1.81. The van der Waals surface area contributed by atoms with Crippen LogP contribution >= 0.6 is 0 Å². The Balaban J connectivity index is 2.80. The van der Waals surface area contributed by atoms with E-state index in [-0.39, 0.29) is 16.9 Å².